The molecule has 0 saturated carbocycles. The van der Waals surface area contributed by atoms with E-state index in [1.54, 1.807) is 6.92 Å². The number of hydrogen-bond acceptors (Lipinski definition) is 3. The van der Waals surface area contributed by atoms with Crippen LogP contribution >= 0.6 is 11.8 Å². The van der Waals surface area contributed by atoms with E-state index >= 15 is 0 Å². The van der Waals surface area contributed by atoms with Gasteiger partial charge in [-0.25, -0.2) is 0 Å². The molecule has 0 saturated heterocycles. The van der Waals surface area contributed by atoms with Gasteiger partial charge in [-0.1, -0.05) is 55.8 Å². The van der Waals surface area contributed by atoms with Crippen LogP contribution in [-0.4, -0.2) is 24.3 Å². The number of carbonyl (C=O) groups is 1. The Morgan fingerprint density at radius 3 is 2.37 bits per heavy atom. The van der Waals surface area contributed by atoms with Crippen LogP contribution in [0, 0.1) is 13.8 Å². The molecule has 1 atom stereocenters. The number of carbonyl (C=O) groups excluding carboxylic acids is 1. The molecule has 4 heteroatoms. The quantitative estimate of drug-likeness (QED) is 0.600. The highest BCUT2D eigenvalue weighted by molar-refractivity contribution is 7.98. The molecule has 1 N–H and O–H groups in total. The molecule has 0 spiro atoms. The van der Waals surface area contributed by atoms with E-state index < -0.39 is 6.10 Å². The number of benzene rings is 2. The van der Waals surface area contributed by atoms with Gasteiger partial charge in [0.25, 0.3) is 5.91 Å². The van der Waals surface area contributed by atoms with E-state index in [-0.39, 0.29) is 5.91 Å². The van der Waals surface area contributed by atoms with E-state index in [4.69, 9.17) is 4.74 Å². The zero-order chi connectivity index (χ0) is 19.8. The monoisotopic (exact) mass is 385 g/mol. The molecule has 0 aliphatic heterocycles. The molecule has 0 radical (unpaired) electrons. The van der Waals surface area contributed by atoms with Gasteiger partial charge in [0.1, 0.15) is 5.75 Å². The third kappa shape index (κ3) is 6.94. The highest BCUT2D eigenvalue weighted by Gasteiger charge is 2.17. The van der Waals surface area contributed by atoms with E-state index in [1.807, 2.05) is 24.8 Å². The largest absolute Gasteiger partial charge is 0.481 e. The van der Waals surface area contributed by atoms with Gasteiger partial charge in [0.15, 0.2) is 6.10 Å². The summed E-state index contributed by atoms with van der Waals surface area (Å²) in [7, 11) is 0. The van der Waals surface area contributed by atoms with Crippen LogP contribution in [0.4, 0.5) is 0 Å². The number of hydrogen-bond donors (Lipinski definition) is 1. The van der Waals surface area contributed by atoms with E-state index in [0.717, 1.165) is 28.4 Å². The summed E-state index contributed by atoms with van der Waals surface area (Å²) in [6.07, 6.45) is -0.508. The van der Waals surface area contributed by atoms with Crippen molar-refractivity contribution in [3.05, 3.63) is 64.7 Å². The van der Waals surface area contributed by atoms with Crippen molar-refractivity contribution >= 4 is 17.7 Å². The van der Waals surface area contributed by atoms with Gasteiger partial charge < -0.3 is 10.1 Å². The van der Waals surface area contributed by atoms with Crippen molar-refractivity contribution in [1.82, 2.24) is 5.32 Å². The Morgan fingerprint density at radius 2 is 1.70 bits per heavy atom. The highest BCUT2D eigenvalue weighted by atomic mass is 32.2. The number of ether oxygens (including phenoxy) is 1. The summed E-state index contributed by atoms with van der Waals surface area (Å²) >= 11 is 1.82. The Bertz CT molecular complexity index is 741. The Hall–Kier alpha value is -1.94. The van der Waals surface area contributed by atoms with Gasteiger partial charge in [0.05, 0.1) is 0 Å². The standard InChI is InChI=1S/C23H31NO2S/c1-16(2)21-11-8-18(4)14-22(21)26-19(5)23(25)24-12-13-27-15-20-9-6-17(3)7-10-20/h6-11,14,16,19H,12-13,15H2,1-5H3,(H,24,25)/t19-/m0/s1. The summed E-state index contributed by atoms with van der Waals surface area (Å²) in [5.74, 6) is 2.94. The lowest BCUT2D eigenvalue weighted by Crippen LogP contribution is -2.37. The summed E-state index contributed by atoms with van der Waals surface area (Å²) in [5, 5.41) is 2.98. The third-order valence-electron chi connectivity index (χ3n) is 4.40. The topological polar surface area (TPSA) is 38.3 Å². The molecule has 1 amide bonds. The zero-order valence-electron chi connectivity index (χ0n) is 17.0. The van der Waals surface area contributed by atoms with Gasteiger partial charge >= 0.3 is 0 Å². The SMILES string of the molecule is Cc1ccc(CSCCNC(=O)[C@H](C)Oc2cc(C)ccc2C(C)C)cc1. The maximum atomic E-state index is 12.3. The van der Waals surface area contributed by atoms with Crippen LogP contribution in [0.25, 0.3) is 0 Å². The number of amides is 1. The highest BCUT2D eigenvalue weighted by Crippen LogP contribution is 2.28. The van der Waals surface area contributed by atoms with Gasteiger partial charge in [0, 0.05) is 18.1 Å². The molecule has 0 aliphatic carbocycles. The second-order valence-corrected chi connectivity index (χ2v) is 8.39. The summed E-state index contributed by atoms with van der Waals surface area (Å²) in [6, 6.07) is 14.8. The van der Waals surface area contributed by atoms with Crippen LogP contribution in [0.5, 0.6) is 5.75 Å². The second kappa shape index (κ2) is 10.4. The minimum Gasteiger partial charge on any atom is -0.481 e. The molecule has 2 aromatic rings. The Balaban J connectivity index is 1.76. The Labute approximate surface area is 167 Å². The van der Waals surface area contributed by atoms with Gasteiger partial charge in [-0.2, -0.15) is 11.8 Å². The third-order valence-corrected chi connectivity index (χ3v) is 5.43. The van der Waals surface area contributed by atoms with Crippen LogP contribution in [0.1, 0.15) is 48.9 Å². The first-order valence-corrected chi connectivity index (χ1v) is 10.7. The lowest BCUT2D eigenvalue weighted by Gasteiger charge is -2.19. The summed E-state index contributed by atoms with van der Waals surface area (Å²) in [4.78, 5) is 12.3. The molecule has 2 aromatic carbocycles. The van der Waals surface area contributed by atoms with Crippen molar-refractivity contribution in [2.45, 2.75) is 52.4 Å². The number of aryl methyl sites for hydroxylation is 2. The maximum absolute atomic E-state index is 12.3. The summed E-state index contributed by atoms with van der Waals surface area (Å²) < 4.78 is 5.97. The van der Waals surface area contributed by atoms with Gasteiger partial charge in [-0.15, -0.1) is 0 Å². The van der Waals surface area contributed by atoms with Crippen LogP contribution in [0.15, 0.2) is 42.5 Å². The normalized spacial score (nSPS) is 12.1. The van der Waals surface area contributed by atoms with Crippen molar-refractivity contribution in [2.75, 3.05) is 12.3 Å². The molecular formula is C23H31NO2S. The van der Waals surface area contributed by atoms with Crippen molar-refractivity contribution in [3.63, 3.8) is 0 Å². The summed E-state index contributed by atoms with van der Waals surface area (Å²) in [6.45, 7) is 10.8. The van der Waals surface area contributed by atoms with Crippen molar-refractivity contribution in [3.8, 4) is 5.75 Å². The van der Waals surface area contributed by atoms with Crippen molar-refractivity contribution in [2.24, 2.45) is 0 Å². The Morgan fingerprint density at radius 1 is 1.04 bits per heavy atom. The molecule has 0 fully saturated rings. The lowest BCUT2D eigenvalue weighted by atomic mass is 10.0. The smallest absolute Gasteiger partial charge is 0.260 e. The maximum Gasteiger partial charge on any atom is 0.260 e. The molecule has 2 rings (SSSR count). The lowest BCUT2D eigenvalue weighted by molar-refractivity contribution is -0.127. The van der Waals surface area contributed by atoms with E-state index in [9.17, 15) is 4.79 Å². The first-order valence-electron chi connectivity index (χ1n) is 9.55. The van der Waals surface area contributed by atoms with Crippen LogP contribution in [0.3, 0.4) is 0 Å². The molecule has 27 heavy (non-hydrogen) atoms. The fourth-order valence-electron chi connectivity index (χ4n) is 2.73. The van der Waals surface area contributed by atoms with E-state index in [0.29, 0.717) is 12.5 Å². The van der Waals surface area contributed by atoms with Gasteiger partial charge in [-0.3, -0.25) is 4.79 Å². The minimum atomic E-state index is -0.508. The van der Waals surface area contributed by atoms with Crippen LogP contribution in [0.2, 0.25) is 0 Å². The predicted molar refractivity (Wildman–Crippen MR) is 116 cm³/mol. The second-order valence-electron chi connectivity index (χ2n) is 7.29. The number of nitrogens with one attached hydrogen (secondary N) is 1. The van der Waals surface area contributed by atoms with Gasteiger partial charge in [0.2, 0.25) is 0 Å². The molecule has 0 heterocycles. The first kappa shape index (κ1) is 21.4. The zero-order valence-corrected chi connectivity index (χ0v) is 17.9. The molecule has 0 aliphatic rings. The average Bonchev–Trinajstić information content (AvgIpc) is 2.62. The van der Waals surface area contributed by atoms with Crippen LogP contribution < -0.4 is 10.1 Å². The fraction of sp³-hybridized carbons (Fsp3) is 0.435. The van der Waals surface area contributed by atoms with E-state index in [2.05, 4.69) is 62.5 Å². The number of thioether (sulfide) groups is 1. The van der Waals surface area contributed by atoms with E-state index in [1.165, 1.54) is 11.1 Å². The van der Waals surface area contributed by atoms with Crippen molar-refractivity contribution in [1.29, 1.82) is 0 Å². The Kier molecular flexibility index (Phi) is 8.23. The van der Waals surface area contributed by atoms with Gasteiger partial charge in [-0.05, 0) is 49.4 Å². The molecule has 0 unspecified atom stereocenters. The van der Waals surface area contributed by atoms with Crippen LogP contribution in [-0.2, 0) is 10.5 Å². The molecular weight excluding hydrogens is 354 g/mol. The van der Waals surface area contributed by atoms with Crippen molar-refractivity contribution < 1.29 is 9.53 Å². The first-order chi connectivity index (χ1) is 12.9. The molecule has 146 valence electrons. The molecule has 0 aromatic heterocycles. The summed E-state index contributed by atoms with van der Waals surface area (Å²) in [5.41, 5.74) is 4.86. The molecule has 3 nitrogen and oxygen atoms in total. The number of rotatable bonds is 9. The average molecular weight is 386 g/mol. The fourth-order valence-corrected chi connectivity index (χ4v) is 3.55. The molecule has 0 bridgehead atoms. The minimum absolute atomic E-state index is 0.0675. The predicted octanol–water partition coefficient (Wildman–Crippen LogP) is 5.24.